The van der Waals surface area contributed by atoms with E-state index >= 15 is 0 Å². The van der Waals surface area contributed by atoms with E-state index < -0.39 is 6.16 Å². The van der Waals surface area contributed by atoms with E-state index in [9.17, 15) is 0 Å². The molecule has 0 bridgehead atoms. The number of nitrogens with zero attached hydrogens (tertiary/aromatic N) is 2. The molecule has 8 nitrogen and oxygen atoms in total. The minimum Gasteiger partial charge on any atom is -0.454 e. The predicted molar refractivity (Wildman–Crippen MR) is 119 cm³/mol. The molecule has 1 saturated carbocycles. The number of aromatic nitrogens is 2. The first-order valence-corrected chi connectivity index (χ1v) is 11.2. The van der Waals surface area contributed by atoms with E-state index in [2.05, 4.69) is 5.32 Å². The highest BCUT2D eigenvalue weighted by Gasteiger charge is 2.21. The van der Waals surface area contributed by atoms with Crippen LogP contribution in [0.15, 0.2) is 24.3 Å². The van der Waals surface area contributed by atoms with Crippen molar-refractivity contribution < 1.29 is 24.5 Å². The molecule has 0 amide bonds. The molecule has 0 unspecified atom stereocenters. The minimum absolute atomic E-state index is 0.289. The third kappa shape index (κ3) is 5.29. The SMILES string of the molecule is Clc1cc2c(NCc3ccc4c(c3)OCO4)nc(C3CCCCC3)nc2s1.O=C(O)O. The van der Waals surface area contributed by atoms with E-state index in [4.69, 9.17) is 46.1 Å². The van der Waals surface area contributed by atoms with Crippen molar-refractivity contribution in [1.29, 1.82) is 0 Å². The monoisotopic (exact) mass is 463 g/mol. The zero-order chi connectivity index (χ0) is 21.8. The minimum atomic E-state index is -1.83. The summed E-state index contributed by atoms with van der Waals surface area (Å²) in [6.07, 6.45) is 4.35. The van der Waals surface area contributed by atoms with Gasteiger partial charge in [0.1, 0.15) is 16.5 Å². The Morgan fingerprint density at radius 1 is 1.13 bits per heavy atom. The first-order chi connectivity index (χ1) is 15.0. The van der Waals surface area contributed by atoms with Gasteiger partial charge < -0.3 is 25.0 Å². The second kappa shape index (κ2) is 9.57. The average Bonchev–Trinajstić information content (AvgIpc) is 3.37. The molecule has 1 aromatic carbocycles. The molecule has 3 aromatic rings. The first kappa shape index (κ1) is 21.5. The van der Waals surface area contributed by atoms with Gasteiger partial charge in [-0.2, -0.15) is 0 Å². The second-order valence-corrected chi connectivity index (χ2v) is 9.02. The molecular formula is C21H22ClN3O5S. The Kier molecular flexibility index (Phi) is 6.62. The summed E-state index contributed by atoms with van der Waals surface area (Å²) in [5.74, 6) is 3.86. The van der Waals surface area contributed by atoms with Crippen molar-refractivity contribution in [1.82, 2.24) is 9.97 Å². The topological polar surface area (TPSA) is 114 Å². The number of carboxylic acid groups (broad SMARTS) is 2. The standard InChI is InChI=1S/C20H20ClN3O2S.CH2O3/c21-17-9-14-19(22-10-12-6-7-15-16(8-12)26-11-25-15)23-18(24-20(14)27-17)13-4-2-1-3-5-13;2-1(3)4/h6-9,13H,1-5,10-11H2,(H,22,23,24);(H2,2,3,4). The number of carbonyl (C=O) groups is 1. The molecule has 31 heavy (non-hydrogen) atoms. The molecule has 0 saturated heterocycles. The molecule has 164 valence electrons. The molecule has 10 heteroatoms. The zero-order valence-electron chi connectivity index (χ0n) is 16.6. The second-order valence-electron chi connectivity index (χ2n) is 7.36. The molecule has 0 atom stereocenters. The predicted octanol–water partition coefficient (Wildman–Crippen LogP) is 5.96. The number of anilines is 1. The van der Waals surface area contributed by atoms with Crippen molar-refractivity contribution >= 4 is 45.1 Å². The fourth-order valence-corrected chi connectivity index (χ4v) is 4.92. The van der Waals surface area contributed by atoms with E-state index in [-0.39, 0.29) is 6.79 Å². The van der Waals surface area contributed by atoms with Crippen LogP contribution in [0.25, 0.3) is 10.2 Å². The largest absolute Gasteiger partial charge is 0.503 e. The highest BCUT2D eigenvalue weighted by molar-refractivity contribution is 7.22. The molecular weight excluding hydrogens is 442 g/mol. The summed E-state index contributed by atoms with van der Waals surface area (Å²) in [4.78, 5) is 19.2. The summed E-state index contributed by atoms with van der Waals surface area (Å²) in [5, 5.41) is 18.4. The first-order valence-electron chi connectivity index (χ1n) is 10.0. The molecule has 0 radical (unpaired) electrons. The van der Waals surface area contributed by atoms with E-state index in [0.29, 0.717) is 12.5 Å². The van der Waals surface area contributed by atoms with Crippen LogP contribution in [-0.2, 0) is 6.54 Å². The number of benzene rings is 1. The summed E-state index contributed by atoms with van der Waals surface area (Å²) in [5.41, 5.74) is 1.12. The van der Waals surface area contributed by atoms with E-state index in [1.807, 2.05) is 24.3 Å². The lowest BCUT2D eigenvalue weighted by Gasteiger charge is -2.21. The van der Waals surface area contributed by atoms with Crippen LogP contribution in [0.2, 0.25) is 4.34 Å². The Labute approximate surface area is 187 Å². The molecule has 2 aromatic heterocycles. The lowest BCUT2D eigenvalue weighted by Crippen LogP contribution is -2.11. The van der Waals surface area contributed by atoms with Gasteiger partial charge in [-0.25, -0.2) is 14.8 Å². The van der Waals surface area contributed by atoms with Crippen LogP contribution in [-0.4, -0.2) is 33.1 Å². The van der Waals surface area contributed by atoms with Crippen LogP contribution in [0.4, 0.5) is 10.6 Å². The van der Waals surface area contributed by atoms with Crippen molar-refractivity contribution in [2.24, 2.45) is 0 Å². The van der Waals surface area contributed by atoms with Gasteiger partial charge in [0.2, 0.25) is 6.79 Å². The maximum Gasteiger partial charge on any atom is 0.503 e. The third-order valence-electron chi connectivity index (χ3n) is 5.25. The molecule has 0 spiro atoms. The van der Waals surface area contributed by atoms with Gasteiger partial charge in [0.15, 0.2) is 11.5 Å². The highest BCUT2D eigenvalue weighted by atomic mass is 35.5. The molecule has 3 heterocycles. The Morgan fingerprint density at radius 2 is 1.87 bits per heavy atom. The lowest BCUT2D eigenvalue weighted by molar-refractivity contribution is 0.137. The summed E-state index contributed by atoms with van der Waals surface area (Å²) in [6.45, 7) is 0.942. The van der Waals surface area contributed by atoms with Gasteiger partial charge in [-0.3, -0.25) is 0 Å². The summed E-state index contributed by atoms with van der Waals surface area (Å²) in [6, 6.07) is 7.95. The molecule has 5 rings (SSSR count). The Hall–Kier alpha value is -2.78. The van der Waals surface area contributed by atoms with Gasteiger partial charge in [0.25, 0.3) is 0 Å². The van der Waals surface area contributed by atoms with Gasteiger partial charge >= 0.3 is 6.16 Å². The van der Waals surface area contributed by atoms with Crippen LogP contribution in [0, 0.1) is 0 Å². The summed E-state index contributed by atoms with van der Waals surface area (Å²) < 4.78 is 11.6. The van der Waals surface area contributed by atoms with E-state index in [1.165, 1.54) is 43.4 Å². The maximum absolute atomic E-state index is 8.56. The van der Waals surface area contributed by atoms with Crippen LogP contribution in [0.1, 0.15) is 49.4 Å². The average molecular weight is 464 g/mol. The number of hydrogen-bond acceptors (Lipinski definition) is 7. The van der Waals surface area contributed by atoms with Gasteiger partial charge in [0.05, 0.1) is 9.72 Å². The smallest absolute Gasteiger partial charge is 0.454 e. The van der Waals surface area contributed by atoms with Crippen LogP contribution in [0.5, 0.6) is 11.5 Å². The quantitative estimate of drug-likeness (QED) is 0.434. The Balaban J connectivity index is 0.000000535. The van der Waals surface area contributed by atoms with Crippen molar-refractivity contribution in [3.8, 4) is 11.5 Å². The third-order valence-corrected chi connectivity index (χ3v) is 6.41. The van der Waals surface area contributed by atoms with Crippen LogP contribution in [0.3, 0.4) is 0 Å². The number of halogens is 1. The summed E-state index contributed by atoms with van der Waals surface area (Å²) in [7, 11) is 0. The van der Waals surface area contributed by atoms with Gasteiger partial charge in [0, 0.05) is 12.5 Å². The fraction of sp³-hybridized carbons (Fsp3) is 0.381. The van der Waals surface area contributed by atoms with E-state index in [1.54, 1.807) is 0 Å². The zero-order valence-corrected chi connectivity index (χ0v) is 18.2. The molecule has 1 aliphatic carbocycles. The van der Waals surface area contributed by atoms with Gasteiger partial charge in [-0.05, 0) is 36.6 Å². The summed E-state index contributed by atoms with van der Waals surface area (Å²) >= 11 is 7.79. The van der Waals surface area contributed by atoms with Crippen molar-refractivity contribution in [3.05, 3.63) is 40.0 Å². The number of nitrogens with one attached hydrogen (secondary N) is 1. The van der Waals surface area contributed by atoms with Crippen LogP contribution >= 0.6 is 22.9 Å². The lowest BCUT2D eigenvalue weighted by atomic mass is 9.89. The maximum atomic E-state index is 8.56. The van der Waals surface area contributed by atoms with Crippen molar-refractivity contribution in [2.45, 2.75) is 44.6 Å². The Morgan fingerprint density at radius 3 is 2.65 bits per heavy atom. The number of rotatable bonds is 4. The van der Waals surface area contributed by atoms with Gasteiger partial charge in [-0.1, -0.05) is 36.9 Å². The molecule has 1 fully saturated rings. The van der Waals surface area contributed by atoms with Gasteiger partial charge in [-0.15, -0.1) is 11.3 Å². The Bertz CT molecular complexity index is 1080. The number of fused-ring (bicyclic) bond motifs is 2. The fourth-order valence-electron chi connectivity index (χ4n) is 3.82. The highest BCUT2D eigenvalue weighted by Crippen LogP contribution is 2.37. The van der Waals surface area contributed by atoms with E-state index in [0.717, 1.165) is 43.3 Å². The number of ether oxygens (including phenoxy) is 2. The molecule has 2 aliphatic rings. The molecule has 3 N–H and O–H groups in total. The number of thiophene rings is 1. The van der Waals surface area contributed by atoms with Crippen LogP contribution < -0.4 is 14.8 Å². The molecule has 1 aliphatic heterocycles. The normalized spacial score (nSPS) is 15.4. The number of hydrogen-bond donors (Lipinski definition) is 3. The van der Waals surface area contributed by atoms with Crippen molar-refractivity contribution in [3.63, 3.8) is 0 Å². The van der Waals surface area contributed by atoms with Crippen molar-refractivity contribution in [2.75, 3.05) is 12.1 Å².